The lowest BCUT2D eigenvalue weighted by atomic mass is 10.0. The number of benzene rings is 2. The smallest absolute Gasteiger partial charge is 0.410 e. The molecule has 2 aliphatic rings. The molecule has 0 spiro atoms. The van der Waals surface area contributed by atoms with Gasteiger partial charge >= 0.3 is 6.09 Å². The van der Waals surface area contributed by atoms with Gasteiger partial charge in [0.1, 0.15) is 18.8 Å². The summed E-state index contributed by atoms with van der Waals surface area (Å²) in [6.07, 6.45) is 1.22. The molecule has 0 aliphatic carbocycles. The van der Waals surface area contributed by atoms with E-state index in [1.807, 2.05) is 69.0 Å². The summed E-state index contributed by atoms with van der Waals surface area (Å²) in [5.74, 6) is 1.12. The minimum atomic E-state index is -0.614. The molecule has 1 saturated heterocycles. The Morgan fingerprint density at radius 2 is 1.74 bits per heavy atom. The van der Waals surface area contributed by atoms with Crippen molar-refractivity contribution < 1.29 is 28.5 Å². The number of amides is 2. The summed E-state index contributed by atoms with van der Waals surface area (Å²) < 4.78 is 24.1. The largest absolute Gasteiger partial charge is 0.486 e. The van der Waals surface area contributed by atoms with Crippen LogP contribution < -0.4 is 20.3 Å². The number of carbonyl (C=O) groups is 2. The molecule has 0 unspecified atom stereocenters. The van der Waals surface area contributed by atoms with Crippen LogP contribution in [-0.4, -0.2) is 91.1 Å². The van der Waals surface area contributed by atoms with E-state index in [0.29, 0.717) is 63.1 Å². The zero-order valence-electron chi connectivity index (χ0n) is 27.6. The number of piperidine rings is 1. The van der Waals surface area contributed by atoms with Crippen LogP contribution in [0.2, 0.25) is 0 Å². The maximum Gasteiger partial charge on any atom is 0.410 e. The van der Waals surface area contributed by atoms with Gasteiger partial charge in [0, 0.05) is 63.9 Å². The highest BCUT2D eigenvalue weighted by molar-refractivity contribution is 6.06. The second-order valence-corrected chi connectivity index (χ2v) is 13.0. The third-order valence-corrected chi connectivity index (χ3v) is 8.33. The highest BCUT2D eigenvalue weighted by Crippen LogP contribution is 2.32. The standard InChI is InChI=1S/C35H46N4O7/c1-24-6-8-27-28(33(41)36-12-17-43-5)22-32(40)38(29(27)20-24)16-15-37-13-10-26(11-14-37)39(34(42)46-35(2,3)4)23-25-7-9-30-31(21-25)45-19-18-44-30/h6-9,20-22,26H,10-19,23H2,1-5H3,(H,36,41). The number of pyridine rings is 1. The molecule has 0 atom stereocenters. The van der Waals surface area contributed by atoms with Gasteiger partial charge in [0.2, 0.25) is 0 Å². The molecule has 11 nitrogen and oxygen atoms in total. The summed E-state index contributed by atoms with van der Waals surface area (Å²) in [5, 5.41) is 3.57. The number of carbonyl (C=O) groups excluding carboxylic acids is 2. The molecule has 0 saturated carbocycles. The predicted octanol–water partition coefficient (Wildman–Crippen LogP) is 4.36. The molecule has 11 heteroatoms. The molecular formula is C35H46N4O7. The number of nitrogens with zero attached hydrogens (tertiary/aromatic N) is 3. The monoisotopic (exact) mass is 634 g/mol. The molecule has 0 radical (unpaired) electrons. The van der Waals surface area contributed by atoms with Crippen molar-refractivity contribution in [1.82, 2.24) is 19.7 Å². The van der Waals surface area contributed by atoms with E-state index >= 15 is 0 Å². The van der Waals surface area contributed by atoms with Gasteiger partial charge in [-0.3, -0.25) is 9.59 Å². The first-order valence-corrected chi connectivity index (χ1v) is 16.0. The lowest BCUT2D eigenvalue weighted by molar-refractivity contribution is 0.00562. The summed E-state index contributed by atoms with van der Waals surface area (Å²) in [6, 6.07) is 13.1. The molecule has 3 aromatic rings. The molecule has 248 valence electrons. The van der Waals surface area contributed by atoms with Crippen molar-refractivity contribution in [2.24, 2.45) is 0 Å². The minimum absolute atomic E-state index is 0.00130. The van der Waals surface area contributed by atoms with Crippen LogP contribution in [0.15, 0.2) is 47.3 Å². The van der Waals surface area contributed by atoms with E-state index in [1.54, 1.807) is 11.7 Å². The third-order valence-electron chi connectivity index (χ3n) is 8.33. The van der Waals surface area contributed by atoms with Crippen molar-refractivity contribution in [3.63, 3.8) is 0 Å². The Bertz CT molecular complexity index is 1600. The van der Waals surface area contributed by atoms with Crippen molar-refractivity contribution in [3.05, 3.63) is 69.5 Å². The average molecular weight is 635 g/mol. The number of aryl methyl sites for hydroxylation is 1. The van der Waals surface area contributed by atoms with Crippen molar-refractivity contribution in [1.29, 1.82) is 0 Å². The zero-order valence-corrected chi connectivity index (χ0v) is 27.6. The van der Waals surface area contributed by atoms with Crippen LogP contribution in [0, 0.1) is 6.92 Å². The lowest BCUT2D eigenvalue weighted by Gasteiger charge is -2.39. The van der Waals surface area contributed by atoms with E-state index in [9.17, 15) is 14.4 Å². The normalized spacial score (nSPS) is 15.5. The van der Waals surface area contributed by atoms with E-state index < -0.39 is 5.60 Å². The van der Waals surface area contributed by atoms with Gasteiger partial charge in [-0.15, -0.1) is 0 Å². The van der Waals surface area contributed by atoms with E-state index in [1.165, 1.54) is 6.07 Å². The summed E-state index contributed by atoms with van der Waals surface area (Å²) in [4.78, 5) is 43.8. The molecule has 1 fully saturated rings. The van der Waals surface area contributed by atoms with Crippen LogP contribution in [0.4, 0.5) is 4.79 Å². The third kappa shape index (κ3) is 8.19. The van der Waals surface area contributed by atoms with Crippen LogP contribution in [0.25, 0.3) is 10.9 Å². The van der Waals surface area contributed by atoms with Crippen molar-refractivity contribution in [3.8, 4) is 11.5 Å². The van der Waals surface area contributed by atoms with E-state index in [4.69, 9.17) is 18.9 Å². The van der Waals surface area contributed by atoms with Gasteiger partial charge in [0.25, 0.3) is 11.5 Å². The van der Waals surface area contributed by atoms with Crippen molar-refractivity contribution in [2.45, 2.75) is 65.3 Å². The molecular weight excluding hydrogens is 588 g/mol. The van der Waals surface area contributed by atoms with Crippen LogP contribution >= 0.6 is 0 Å². The SMILES string of the molecule is COCCNC(=O)c1cc(=O)n(CCN2CCC(N(Cc3ccc4c(c3)OCCO4)C(=O)OC(C)(C)C)CC2)c2cc(C)ccc12. The van der Waals surface area contributed by atoms with Gasteiger partial charge in [-0.05, 0) is 69.9 Å². The van der Waals surface area contributed by atoms with Crippen LogP contribution in [-0.2, 0) is 22.6 Å². The summed E-state index contributed by atoms with van der Waals surface area (Å²) in [6.45, 7) is 12.5. The molecule has 1 aromatic heterocycles. The minimum Gasteiger partial charge on any atom is -0.486 e. The molecule has 2 aromatic carbocycles. The molecule has 5 rings (SSSR count). The highest BCUT2D eigenvalue weighted by Gasteiger charge is 2.32. The second kappa shape index (κ2) is 14.6. The number of methoxy groups -OCH3 is 1. The number of hydrogen-bond acceptors (Lipinski definition) is 8. The number of aromatic nitrogens is 1. The number of nitrogens with one attached hydrogen (secondary N) is 1. The first kappa shape index (κ1) is 33.3. The van der Waals surface area contributed by atoms with Crippen molar-refractivity contribution in [2.75, 3.05) is 53.1 Å². The van der Waals surface area contributed by atoms with Crippen LogP contribution in [0.5, 0.6) is 11.5 Å². The molecule has 2 amide bonds. The average Bonchev–Trinajstić information content (AvgIpc) is 3.02. The maximum absolute atomic E-state index is 13.4. The van der Waals surface area contributed by atoms with Gasteiger partial charge in [-0.1, -0.05) is 18.2 Å². The summed E-state index contributed by atoms with van der Waals surface area (Å²) >= 11 is 0. The second-order valence-electron chi connectivity index (χ2n) is 13.0. The Kier molecular flexibility index (Phi) is 10.5. The van der Waals surface area contributed by atoms with Gasteiger partial charge < -0.3 is 38.6 Å². The summed E-state index contributed by atoms with van der Waals surface area (Å²) in [5.41, 5.74) is 2.26. The van der Waals surface area contributed by atoms with Gasteiger partial charge in [-0.2, -0.15) is 0 Å². The fraction of sp³-hybridized carbons (Fsp3) is 0.514. The molecule has 0 bridgehead atoms. The Morgan fingerprint density at radius 3 is 2.46 bits per heavy atom. The Labute approximate surface area is 270 Å². The van der Waals surface area contributed by atoms with Gasteiger partial charge in [-0.25, -0.2) is 4.79 Å². The van der Waals surface area contributed by atoms with E-state index in [2.05, 4.69) is 10.2 Å². The van der Waals surface area contributed by atoms with Gasteiger partial charge in [0.15, 0.2) is 11.5 Å². The quantitative estimate of drug-likeness (QED) is 0.328. The van der Waals surface area contributed by atoms with E-state index in [0.717, 1.165) is 48.0 Å². The lowest BCUT2D eigenvalue weighted by Crippen LogP contribution is -2.49. The maximum atomic E-state index is 13.4. The molecule has 2 aliphatic heterocycles. The van der Waals surface area contributed by atoms with Crippen LogP contribution in [0.3, 0.4) is 0 Å². The predicted molar refractivity (Wildman–Crippen MR) is 176 cm³/mol. The number of ether oxygens (including phenoxy) is 4. The Hall–Kier alpha value is -4.09. The fourth-order valence-electron chi connectivity index (χ4n) is 6.01. The van der Waals surface area contributed by atoms with Gasteiger partial charge in [0.05, 0.1) is 17.7 Å². The fourth-order valence-corrected chi connectivity index (χ4v) is 6.01. The van der Waals surface area contributed by atoms with Crippen molar-refractivity contribution >= 4 is 22.9 Å². The number of fused-ring (bicyclic) bond motifs is 2. The zero-order chi connectivity index (χ0) is 32.8. The Balaban J connectivity index is 1.27. The Morgan fingerprint density at radius 1 is 1.00 bits per heavy atom. The van der Waals surface area contributed by atoms with E-state index in [-0.39, 0.29) is 23.6 Å². The first-order valence-electron chi connectivity index (χ1n) is 16.0. The molecule has 1 N–H and O–H groups in total. The molecule has 3 heterocycles. The summed E-state index contributed by atoms with van der Waals surface area (Å²) in [7, 11) is 1.58. The molecule has 46 heavy (non-hydrogen) atoms. The topological polar surface area (TPSA) is 112 Å². The van der Waals surface area contributed by atoms with Crippen LogP contribution in [0.1, 0.15) is 55.1 Å². The number of hydrogen-bond donors (Lipinski definition) is 1. The number of likely N-dealkylation sites (tertiary alicyclic amines) is 1. The first-order chi connectivity index (χ1) is 22.0. The highest BCUT2D eigenvalue weighted by atomic mass is 16.6. The number of rotatable bonds is 10.